The molecule has 0 fully saturated rings. The van der Waals surface area contributed by atoms with Crippen LogP contribution >= 0.6 is 11.3 Å². The Balaban J connectivity index is 1.94. The van der Waals surface area contributed by atoms with Gasteiger partial charge in [-0.05, 0) is 24.1 Å². The van der Waals surface area contributed by atoms with Gasteiger partial charge in [0.05, 0.1) is 9.90 Å². The number of aromatic nitrogens is 1. The maximum atomic E-state index is 11.3. The molecule has 0 saturated carbocycles. The van der Waals surface area contributed by atoms with Gasteiger partial charge in [0.15, 0.2) is 0 Å². The number of benzene rings is 1. The average molecular weight is 311 g/mol. The SMILES string of the molecule is CCc1ncc(CNCc2cccc(S(N)(=O)=O)c2)s1. The summed E-state index contributed by atoms with van der Waals surface area (Å²) in [6, 6.07) is 6.65. The third-order valence-corrected chi connectivity index (χ3v) is 4.81. The first-order chi connectivity index (χ1) is 9.49. The molecule has 0 amide bonds. The van der Waals surface area contributed by atoms with Crippen molar-refractivity contribution >= 4 is 21.4 Å². The van der Waals surface area contributed by atoms with Gasteiger partial charge in [-0.1, -0.05) is 19.1 Å². The molecule has 1 aromatic carbocycles. The number of hydrogen-bond donors (Lipinski definition) is 2. The lowest BCUT2D eigenvalue weighted by atomic mass is 10.2. The molecule has 0 aliphatic carbocycles. The monoisotopic (exact) mass is 311 g/mol. The van der Waals surface area contributed by atoms with E-state index in [-0.39, 0.29) is 4.90 Å². The molecule has 1 heterocycles. The zero-order valence-electron chi connectivity index (χ0n) is 11.2. The molecule has 0 aliphatic heterocycles. The van der Waals surface area contributed by atoms with Crippen LogP contribution in [-0.2, 0) is 29.5 Å². The van der Waals surface area contributed by atoms with Crippen molar-refractivity contribution in [2.75, 3.05) is 0 Å². The number of nitrogens with one attached hydrogen (secondary N) is 1. The molecule has 0 unspecified atom stereocenters. The van der Waals surface area contributed by atoms with E-state index in [1.807, 2.05) is 12.3 Å². The lowest BCUT2D eigenvalue weighted by molar-refractivity contribution is 0.597. The molecule has 2 rings (SSSR count). The summed E-state index contributed by atoms with van der Waals surface area (Å²) >= 11 is 1.69. The second-order valence-electron chi connectivity index (χ2n) is 4.37. The topological polar surface area (TPSA) is 85.1 Å². The molecular formula is C13H17N3O2S2. The van der Waals surface area contributed by atoms with E-state index in [0.717, 1.165) is 23.5 Å². The smallest absolute Gasteiger partial charge is 0.238 e. The number of primary sulfonamides is 1. The Morgan fingerprint density at radius 2 is 2.15 bits per heavy atom. The molecule has 7 heteroatoms. The predicted octanol–water partition coefficient (Wildman–Crippen LogP) is 1.64. The van der Waals surface area contributed by atoms with Gasteiger partial charge in [-0.25, -0.2) is 18.5 Å². The van der Waals surface area contributed by atoms with Crippen LogP contribution < -0.4 is 10.5 Å². The minimum atomic E-state index is -3.64. The molecule has 3 N–H and O–H groups in total. The van der Waals surface area contributed by atoms with E-state index >= 15 is 0 Å². The number of hydrogen-bond acceptors (Lipinski definition) is 5. The van der Waals surface area contributed by atoms with Crippen molar-refractivity contribution in [3.8, 4) is 0 Å². The van der Waals surface area contributed by atoms with Crippen LogP contribution in [0.15, 0.2) is 35.4 Å². The van der Waals surface area contributed by atoms with Crippen LogP contribution in [0.4, 0.5) is 0 Å². The lowest BCUT2D eigenvalue weighted by Crippen LogP contribution is -2.14. The maximum Gasteiger partial charge on any atom is 0.238 e. The van der Waals surface area contributed by atoms with Crippen LogP contribution in [-0.4, -0.2) is 13.4 Å². The van der Waals surface area contributed by atoms with Crippen molar-refractivity contribution in [1.82, 2.24) is 10.3 Å². The van der Waals surface area contributed by atoms with Gasteiger partial charge in [-0.15, -0.1) is 11.3 Å². The van der Waals surface area contributed by atoms with Crippen LogP contribution in [0.1, 0.15) is 22.4 Å². The third-order valence-electron chi connectivity index (χ3n) is 2.76. The highest BCUT2D eigenvalue weighted by Gasteiger charge is 2.07. The summed E-state index contributed by atoms with van der Waals surface area (Å²) in [5.74, 6) is 0. The quantitative estimate of drug-likeness (QED) is 0.849. The van der Waals surface area contributed by atoms with Crippen molar-refractivity contribution in [3.63, 3.8) is 0 Å². The van der Waals surface area contributed by atoms with Crippen LogP contribution in [0.25, 0.3) is 0 Å². The molecule has 5 nitrogen and oxygen atoms in total. The van der Waals surface area contributed by atoms with Crippen molar-refractivity contribution in [2.45, 2.75) is 31.3 Å². The first-order valence-electron chi connectivity index (χ1n) is 6.25. The summed E-state index contributed by atoms with van der Waals surface area (Å²) in [6.45, 7) is 3.38. The standard InChI is InChI=1S/C13H17N3O2S2/c1-2-13-16-9-11(19-13)8-15-7-10-4-3-5-12(6-10)20(14,17)18/h3-6,9,15H,2,7-8H2,1H3,(H2,14,17,18). The average Bonchev–Trinajstić information content (AvgIpc) is 2.86. The highest BCUT2D eigenvalue weighted by atomic mass is 32.2. The molecular weight excluding hydrogens is 294 g/mol. The molecule has 0 spiro atoms. The Hall–Kier alpha value is -1.28. The van der Waals surface area contributed by atoms with Gasteiger partial charge in [-0.3, -0.25) is 0 Å². The summed E-state index contributed by atoms with van der Waals surface area (Å²) in [4.78, 5) is 5.60. The zero-order valence-corrected chi connectivity index (χ0v) is 12.8. The van der Waals surface area contributed by atoms with Crippen molar-refractivity contribution in [3.05, 3.63) is 45.9 Å². The summed E-state index contributed by atoms with van der Waals surface area (Å²) < 4.78 is 22.5. The predicted molar refractivity (Wildman–Crippen MR) is 79.9 cm³/mol. The van der Waals surface area contributed by atoms with Gasteiger partial charge in [0.2, 0.25) is 10.0 Å². The number of rotatable bonds is 6. The van der Waals surface area contributed by atoms with E-state index in [1.165, 1.54) is 10.9 Å². The number of aryl methyl sites for hydroxylation is 1. The lowest BCUT2D eigenvalue weighted by Gasteiger charge is -2.05. The molecule has 2 aromatic rings. The minimum Gasteiger partial charge on any atom is -0.308 e. The number of sulfonamides is 1. The Bertz CT molecular complexity index is 680. The van der Waals surface area contributed by atoms with E-state index < -0.39 is 10.0 Å². The molecule has 0 bridgehead atoms. The Morgan fingerprint density at radius 3 is 2.80 bits per heavy atom. The normalized spacial score (nSPS) is 11.7. The van der Waals surface area contributed by atoms with Crippen LogP contribution in [0.2, 0.25) is 0 Å². The molecule has 108 valence electrons. The summed E-state index contributed by atoms with van der Waals surface area (Å²) in [5.41, 5.74) is 0.886. The second-order valence-corrected chi connectivity index (χ2v) is 7.13. The highest BCUT2D eigenvalue weighted by Crippen LogP contribution is 2.14. The number of thiazole rings is 1. The van der Waals surface area contributed by atoms with E-state index in [1.54, 1.807) is 23.5 Å². The fraction of sp³-hybridized carbons (Fsp3) is 0.308. The minimum absolute atomic E-state index is 0.142. The van der Waals surface area contributed by atoms with E-state index in [4.69, 9.17) is 5.14 Å². The van der Waals surface area contributed by atoms with E-state index in [0.29, 0.717) is 6.54 Å². The van der Waals surface area contributed by atoms with Crippen molar-refractivity contribution in [2.24, 2.45) is 5.14 Å². The van der Waals surface area contributed by atoms with Gasteiger partial charge >= 0.3 is 0 Å². The van der Waals surface area contributed by atoms with Crippen LogP contribution in [0.5, 0.6) is 0 Å². The van der Waals surface area contributed by atoms with Gasteiger partial charge in [-0.2, -0.15) is 0 Å². The summed E-state index contributed by atoms with van der Waals surface area (Å²) in [7, 11) is -3.64. The zero-order chi connectivity index (χ0) is 14.6. The highest BCUT2D eigenvalue weighted by molar-refractivity contribution is 7.89. The van der Waals surface area contributed by atoms with Crippen LogP contribution in [0.3, 0.4) is 0 Å². The maximum absolute atomic E-state index is 11.3. The Kier molecular flexibility index (Phi) is 4.87. The molecule has 0 radical (unpaired) electrons. The van der Waals surface area contributed by atoms with Crippen LogP contribution in [0, 0.1) is 0 Å². The molecule has 0 atom stereocenters. The Morgan fingerprint density at radius 1 is 1.35 bits per heavy atom. The largest absolute Gasteiger partial charge is 0.308 e. The third kappa shape index (κ3) is 4.11. The summed E-state index contributed by atoms with van der Waals surface area (Å²) in [5, 5.41) is 9.50. The van der Waals surface area contributed by atoms with Crippen molar-refractivity contribution in [1.29, 1.82) is 0 Å². The fourth-order valence-electron chi connectivity index (χ4n) is 1.76. The first kappa shape index (κ1) is 15.1. The van der Waals surface area contributed by atoms with Gasteiger partial charge in [0.1, 0.15) is 0 Å². The Labute approximate surface area is 122 Å². The first-order valence-corrected chi connectivity index (χ1v) is 8.61. The molecule has 20 heavy (non-hydrogen) atoms. The molecule has 0 aliphatic rings. The van der Waals surface area contributed by atoms with Gasteiger partial charge in [0, 0.05) is 24.2 Å². The van der Waals surface area contributed by atoms with Crippen molar-refractivity contribution < 1.29 is 8.42 Å². The molecule has 1 aromatic heterocycles. The number of nitrogens with two attached hydrogens (primary N) is 1. The fourth-order valence-corrected chi connectivity index (χ4v) is 3.17. The molecule has 0 saturated heterocycles. The van der Waals surface area contributed by atoms with E-state index in [2.05, 4.69) is 17.2 Å². The second kappa shape index (κ2) is 6.45. The van der Waals surface area contributed by atoms with Gasteiger partial charge < -0.3 is 5.32 Å². The summed E-state index contributed by atoms with van der Waals surface area (Å²) in [6.07, 6.45) is 2.82. The van der Waals surface area contributed by atoms with E-state index in [9.17, 15) is 8.42 Å². The number of nitrogens with zero attached hydrogens (tertiary/aromatic N) is 1. The van der Waals surface area contributed by atoms with Gasteiger partial charge in [0.25, 0.3) is 0 Å².